The second-order valence-corrected chi connectivity index (χ2v) is 3.66. The Morgan fingerprint density at radius 2 is 2.21 bits per heavy atom. The molecule has 0 spiro atoms. The van der Waals surface area contributed by atoms with Gasteiger partial charge in [0.2, 0.25) is 0 Å². The highest BCUT2D eigenvalue weighted by molar-refractivity contribution is 4.69. The summed E-state index contributed by atoms with van der Waals surface area (Å²) in [6.45, 7) is 8.52. The molecule has 1 aliphatic heterocycles. The van der Waals surface area contributed by atoms with E-state index >= 15 is 0 Å². The fourth-order valence-corrected chi connectivity index (χ4v) is 1.17. The SMILES string of the molecule is CC1CNCCN1.CNCC(C)OC. The van der Waals surface area contributed by atoms with E-state index in [0.29, 0.717) is 12.1 Å². The predicted molar refractivity (Wildman–Crippen MR) is 60.7 cm³/mol. The third kappa shape index (κ3) is 8.44. The summed E-state index contributed by atoms with van der Waals surface area (Å²) in [7, 11) is 3.62. The topological polar surface area (TPSA) is 45.3 Å². The Hall–Kier alpha value is -0.160. The monoisotopic (exact) mass is 203 g/mol. The minimum atomic E-state index is 0.338. The number of methoxy groups -OCH3 is 1. The van der Waals surface area contributed by atoms with E-state index in [0.717, 1.165) is 26.2 Å². The van der Waals surface area contributed by atoms with Crippen LogP contribution in [0.5, 0.6) is 0 Å². The fraction of sp³-hybridized carbons (Fsp3) is 1.00. The molecule has 1 heterocycles. The molecule has 2 unspecified atom stereocenters. The summed E-state index contributed by atoms with van der Waals surface area (Å²) in [5.74, 6) is 0. The van der Waals surface area contributed by atoms with Crippen LogP contribution >= 0.6 is 0 Å². The summed E-state index contributed by atoms with van der Waals surface area (Å²) in [5, 5.41) is 9.58. The molecule has 0 bridgehead atoms. The third-order valence-electron chi connectivity index (χ3n) is 2.14. The van der Waals surface area contributed by atoms with Gasteiger partial charge < -0.3 is 20.7 Å². The minimum Gasteiger partial charge on any atom is -0.380 e. The second-order valence-electron chi connectivity index (χ2n) is 3.66. The fourth-order valence-electron chi connectivity index (χ4n) is 1.17. The van der Waals surface area contributed by atoms with Gasteiger partial charge in [-0.1, -0.05) is 0 Å². The Balaban J connectivity index is 0.000000241. The second kappa shape index (κ2) is 9.40. The molecule has 0 aliphatic carbocycles. The van der Waals surface area contributed by atoms with Gasteiger partial charge in [0.05, 0.1) is 6.10 Å². The molecule has 14 heavy (non-hydrogen) atoms. The molecule has 2 atom stereocenters. The third-order valence-corrected chi connectivity index (χ3v) is 2.14. The first-order valence-corrected chi connectivity index (χ1v) is 5.32. The van der Waals surface area contributed by atoms with Crippen LogP contribution < -0.4 is 16.0 Å². The first-order chi connectivity index (χ1) is 6.70. The van der Waals surface area contributed by atoms with E-state index < -0.39 is 0 Å². The minimum absolute atomic E-state index is 0.338. The first kappa shape index (κ1) is 13.8. The molecule has 4 heteroatoms. The summed E-state index contributed by atoms with van der Waals surface area (Å²) in [5.41, 5.74) is 0. The van der Waals surface area contributed by atoms with Gasteiger partial charge in [0, 0.05) is 39.3 Å². The Morgan fingerprint density at radius 1 is 1.50 bits per heavy atom. The van der Waals surface area contributed by atoms with Gasteiger partial charge in [0.15, 0.2) is 0 Å². The van der Waals surface area contributed by atoms with Gasteiger partial charge in [0.1, 0.15) is 0 Å². The molecule has 1 fully saturated rings. The Labute approximate surface area is 87.8 Å². The zero-order chi connectivity index (χ0) is 10.8. The molecular formula is C10H25N3O. The molecule has 4 nitrogen and oxygen atoms in total. The molecule has 0 saturated carbocycles. The highest BCUT2D eigenvalue weighted by atomic mass is 16.5. The molecule has 1 saturated heterocycles. The molecule has 1 aliphatic rings. The number of hydrogen-bond donors (Lipinski definition) is 3. The van der Waals surface area contributed by atoms with Crippen molar-refractivity contribution in [1.29, 1.82) is 0 Å². The lowest BCUT2D eigenvalue weighted by Crippen LogP contribution is -2.46. The summed E-state index contributed by atoms with van der Waals surface area (Å²) in [6.07, 6.45) is 0.338. The van der Waals surface area contributed by atoms with Gasteiger partial charge in [-0.05, 0) is 20.9 Å². The largest absolute Gasteiger partial charge is 0.380 e. The van der Waals surface area contributed by atoms with Crippen molar-refractivity contribution in [3.63, 3.8) is 0 Å². The summed E-state index contributed by atoms with van der Waals surface area (Å²) in [6, 6.07) is 0.675. The van der Waals surface area contributed by atoms with Crippen molar-refractivity contribution < 1.29 is 4.74 Å². The van der Waals surface area contributed by atoms with Crippen LogP contribution in [0, 0.1) is 0 Å². The quantitative estimate of drug-likeness (QED) is 0.595. The van der Waals surface area contributed by atoms with Crippen molar-refractivity contribution in [1.82, 2.24) is 16.0 Å². The zero-order valence-corrected chi connectivity index (χ0v) is 9.89. The van der Waals surface area contributed by atoms with Crippen LogP contribution in [-0.4, -0.2) is 52.5 Å². The highest BCUT2D eigenvalue weighted by Gasteiger charge is 2.03. The average molecular weight is 203 g/mol. The molecule has 0 aromatic heterocycles. The van der Waals surface area contributed by atoms with E-state index in [2.05, 4.69) is 22.9 Å². The zero-order valence-electron chi connectivity index (χ0n) is 9.89. The van der Waals surface area contributed by atoms with Crippen molar-refractivity contribution in [2.45, 2.75) is 26.0 Å². The number of ether oxygens (including phenoxy) is 1. The lowest BCUT2D eigenvalue weighted by Gasteiger charge is -2.19. The standard InChI is InChI=1S/C5H12N2.C5H13NO/c1-5-4-6-2-3-7-5;1-5(7-3)4-6-2/h5-7H,2-4H2,1H3;5-6H,4H2,1-3H3. The van der Waals surface area contributed by atoms with E-state index in [4.69, 9.17) is 4.74 Å². The van der Waals surface area contributed by atoms with E-state index in [9.17, 15) is 0 Å². The van der Waals surface area contributed by atoms with Gasteiger partial charge in [-0.2, -0.15) is 0 Å². The average Bonchev–Trinajstić information content (AvgIpc) is 2.20. The smallest absolute Gasteiger partial charge is 0.0667 e. The Morgan fingerprint density at radius 3 is 2.43 bits per heavy atom. The number of piperazine rings is 1. The maximum absolute atomic E-state index is 4.93. The molecular weight excluding hydrogens is 178 g/mol. The van der Waals surface area contributed by atoms with Gasteiger partial charge in [-0.15, -0.1) is 0 Å². The van der Waals surface area contributed by atoms with Crippen molar-refractivity contribution in [2.75, 3.05) is 40.3 Å². The maximum atomic E-state index is 4.93. The van der Waals surface area contributed by atoms with Crippen LogP contribution in [0.1, 0.15) is 13.8 Å². The van der Waals surface area contributed by atoms with Crippen molar-refractivity contribution in [2.24, 2.45) is 0 Å². The maximum Gasteiger partial charge on any atom is 0.0667 e. The first-order valence-electron chi connectivity index (χ1n) is 5.32. The summed E-state index contributed by atoms with van der Waals surface area (Å²) < 4.78 is 4.93. The van der Waals surface area contributed by atoms with Crippen LogP contribution in [0.3, 0.4) is 0 Å². The number of rotatable bonds is 3. The number of hydrogen-bond acceptors (Lipinski definition) is 4. The molecule has 0 radical (unpaired) electrons. The van der Waals surface area contributed by atoms with Crippen molar-refractivity contribution in [3.8, 4) is 0 Å². The number of likely N-dealkylation sites (N-methyl/N-ethyl adjacent to an activating group) is 1. The molecule has 0 aromatic carbocycles. The lowest BCUT2D eigenvalue weighted by atomic mass is 10.3. The molecule has 0 amide bonds. The van der Waals surface area contributed by atoms with Crippen LogP contribution in [0.4, 0.5) is 0 Å². The summed E-state index contributed by atoms with van der Waals surface area (Å²) in [4.78, 5) is 0. The molecule has 86 valence electrons. The van der Waals surface area contributed by atoms with E-state index in [1.54, 1.807) is 7.11 Å². The van der Waals surface area contributed by atoms with Gasteiger partial charge in [0.25, 0.3) is 0 Å². The Bertz CT molecular complexity index is 113. The predicted octanol–water partition coefficient (Wildman–Crippen LogP) is -0.192. The van der Waals surface area contributed by atoms with Crippen LogP contribution in [0.15, 0.2) is 0 Å². The van der Waals surface area contributed by atoms with Crippen molar-refractivity contribution in [3.05, 3.63) is 0 Å². The molecule has 3 N–H and O–H groups in total. The summed E-state index contributed by atoms with van der Waals surface area (Å²) >= 11 is 0. The van der Waals surface area contributed by atoms with Crippen LogP contribution in [-0.2, 0) is 4.74 Å². The van der Waals surface area contributed by atoms with E-state index in [-0.39, 0.29) is 0 Å². The Kier molecular flexibility index (Phi) is 9.29. The van der Waals surface area contributed by atoms with Crippen LogP contribution in [0.2, 0.25) is 0 Å². The number of nitrogens with one attached hydrogen (secondary N) is 3. The van der Waals surface area contributed by atoms with Gasteiger partial charge >= 0.3 is 0 Å². The normalized spacial score (nSPS) is 23.6. The van der Waals surface area contributed by atoms with Crippen molar-refractivity contribution >= 4 is 0 Å². The molecule has 0 aromatic rings. The lowest BCUT2D eigenvalue weighted by molar-refractivity contribution is 0.119. The van der Waals surface area contributed by atoms with E-state index in [1.165, 1.54) is 0 Å². The molecule has 1 rings (SSSR count). The highest BCUT2D eigenvalue weighted by Crippen LogP contribution is 1.81. The van der Waals surface area contributed by atoms with Gasteiger partial charge in [-0.25, -0.2) is 0 Å². The van der Waals surface area contributed by atoms with E-state index in [1.807, 2.05) is 14.0 Å². The van der Waals surface area contributed by atoms with Gasteiger partial charge in [-0.3, -0.25) is 0 Å². The van der Waals surface area contributed by atoms with Crippen LogP contribution in [0.25, 0.3) is 0 Å².